The number of aliphatic hydroxyl groups excluding tert-OH is 1. The van der Waals surface area contributed by atoms with Crippen molar-refractivity contribution in [2.75, 3.05) is 6.61 Å². The molecule has 0 spiro atoms. The molecule has 0 aromatic heterocycles. The topological polar surface area (TPSA) is 66.4 Å². The van der Waals surface area contributed by atoms with Crippen molar-refractivity contribution < 1.29 is 14.7 Å². The maximum Gasteiger partial charge on any atom is 0.221 e. The van der Waals surface area contributed by atoms with E-state index in [1.165, 1.54) is 0 Å². The average Bonchev–Trinajstić information content (AvgIpc) is 2.76. The number of hydrogen-bond acceptors (Lipinski definition) is 3. The van der Waals surface area contributed by atoms with Gasteiger partial charge < -0.3 is 10.4 Å². The van der Waals surface area contributed by atoms with Gasteiger partial charge in [0.2, 0.25) is 5.91 Å². The largest absolute Gasteiger partial charge is 0.393 e. The van der Waals surface area contributed by atoms with Gasteiger partial charge in [0.15, 0.2) is 5.78 Å². The first-order valence-electron chi connectivity index (χ1n) is 4.99. The van der Waals surface area contributed by atoms with Crippen LogP contribution in [0.2, 0.25) is 0 Å². The molecule has 80 valence electrons. The summed E-state index contributed by atoms with van der Waals surface area (Å²) >= 11 is 0. The van der Waals surface area contributed by atoms with E-state index < -0.39 is 5.54 Å². The number of amides is 1. The second kappa shape index (κ2) is 4.09. The van der Waals surface area contributed by atoms with Crippen molar-refractivity contribution in [1.29, 1.82) is 0 Å². The summed E-state index contributed by atoms with van der Waals surface area (Å²) in [5.74, 6) is 0.108. The first-order chi connectivity index (χ1) is 6.54. The molecule has 2 N–H and O–H groups in total. The Balaban J connectivity index is 2.37. The van der Waals surface area contributed by atoms with E-state index in [0.717, 1.165) is 6.42 Å². The molecule has 1 aliphatic carbocycles. The van der Waals surface area contributed by atoms with Crippen LogP contribution in [0.25, 0.3) is 0 Å². The average molecular weight is 199 g/mol. The number of Topliss-reactive ketones (excluding diaryl/α,β-unsaturated/α-hetero) is 1. The SMILES string of the molecule is CC[C@H](C)CC(=O)NC1(CO)CC1=O. The smallest absolute Gasteiger partial charge is 0.221 e. The zero-order valence-electron chi connectivity index (χ0n) is 8.67. The molecule has 0 radical (unpaired) electrons. The van der Waals surface area contributed by atoms with Gasteiger partial charge >= 0.3 is 0 Å². The highest BCUT2D eigenvalue weighted by Gasteiger charge is 2.54. The summed E-state index contributed by atoms with van der Waals surface area (Å²) in [6, 6.07) is 0. The van der Waals surface area contributed by atoms with Crippen LogP contribution in [-0.2, 0) is 9.59 Å². The number of rotatable bonds is 5. The third-order valence-electron chi connectivity index (χ3n) is 2.75. The Morgan fingerprint density at radius 3 is 2.64 bits per heavy atom. The van der Waals surface area contributed by atoms with E-state index in [1.807, 2.05) is 13.8 Å². The Morgan fingerprint density at radius 1 is 1.71 bits per heavy atom. The molecule has 14 heavy (non-hydrogen) atoms. The van der Waals surface area contributed by atoms with Crippen molar-refractivity contribution in [2.24, 2.45) is 5.92 Å². The van der Waals surface area contributed by atoms with Gasteiger partial charge in [-0.1, -0.05) is 20.3 Å². The molecule has 4 nitrogen and oxygen atoms in total. The standard InChI is InChI=1S/C10H17NO3/c1-3-7(2)4-9(14)11-10(6-12)5-8(10)13/h7,12H,3-6H2,1-2H3,(H,11,14)/t7-,10?/m0/s1. The first kappa shape index (κ1) is 11.2. The normalized spacial score (nSPS) is 27.2. The highest BCUT2D eigenvalue weighted by molar-refractivity contribution is 6.08. The molecule has 0 bridgehead atoms. The van der Waals surface area contributed by atoms with Crippen LogP contribution < -0.4 is 5.32 Å². The highest BCUT2D eigenvalue weighted by Crippen LogP contribution is 2.29. The number of carbonyl (C=O) groups is 2. The van der Waals surface area contributed by atoms with Gasteiger partial charge in [-0.3, -0.25) is 9.59 Å². The minimum Gasteiger partial charge on any atom is -0.393 e. The first-order valence-corrected chi connectivity index (χ1v) is 4.99. The van der Waals surface area contributed by atoms with E-state index in [1.54, 1.807) is 0 Å². The van der Waals surface area contributed by atoms with Crippen LogP contribution in [0.5, 0.6) is 0 Å². The molecular formula is C10H17NO3. The van der Waals surface area contributed by atoms with Gasteiger partial charge in [0.25, 0.3) is 0 Å². The maximum atomic E-state index is 11.4. The van der Waals surface area contributed by atoms with E-state index in [0.29, 0.717) is 12.3 Å². The number of aliphatic hydroxyl groups is 1. The lowest BCUT2D eigenvalue weighted by Crippen LogP contribution is -2.42. The van der Waals surface area contributed by atoms with Gasteiger partial charge in [0.05, 0.1) is 6.61 Å². The van der Waals surface area contributed by atoms with Gasteiger partial charge in [0, 0.05) is 12.8 Å². The molecular weight excluding hydrogens is 182 g/mol. The van der Waals surface area contributed by atoms with Gasteiger partial charge in [0.1, 0.15) is 5.54 Å². The second-order valence-electron chi connectivity index (χ2n) is 4.11. The van der Waals surface area contributed by atoms with E-state index in [2.05, 4.69) is 5.32 Å². The zero-order valence-corrected chi connectivity index (χ0v) is 8.67. The van der Waals surface area contributed by atoms with E-state index >= 15 is 0 Å². The molecule has 0 heterocycles. The molecule has 0 aliphatic heterocycles. The van der Waals surface area contributed by atoms with Crippen LogP contribution in [0.4, 0.5) is 0 Å². The molecule has 2 atom stereocenters. The molecule has 1 aliphatic rings. The number of carbonyl (C=O) groups excluding carboxylic acids is 2. The lowest BCUT2D eigenvalue weighted by molar-refractivity contribution is -0.125. The van der Waals surface area contributed by atoms with Gasteiger partial charge in [-0.25, -0.2) is 0 Å². The number of hydrogen-bond donors (Lipinski definition) is 2. The fourth-order valence-corrected chi connectivity index (χ4v) is 1.31. The molecule has 4 heteroatoms. The van der Waals surface area contributed by atoms with Crippen molar-refractivity contribution in [3.63, 3.8) is 0 Å². The minimum absolute atomic E-state index is 0.0718. The van der Waals surface area contributed by atoms with E-state index in [-0.39, 0.29) is 24.7 Å². The van der Waals surface area contributed by atoms with Crippen LogP contribution in [0.1, 0.15) is 33.1 Å². The van der Waals surface area contributed by atoms with Crippen LogP contribution in [-0.4, -0.2) is 28.9 Å². The van der Waals surface area contributed by atoms with Crippen LogP contribution >= 0.6 is 0 Å². The molecule has 1 saturated carbocycles. The highest BCUT2D eigenvalue weighted by atomic mass is 16.3. The summed E-state index contributed by atoms with van der Waals surface area (Å²) in [5.41, 5.74) is -0.926. The van der Waals surface area contributed by atoms with Crippen LogP contribution in [0.3, 0.4) is 0 Å². The fourth-order valence-electron chi connectivity index (χ4n) is 1.31. The third kappa shape index (κ3) is 2.32. The van der Waals surface area contributed by atoms with Gasteiger partial charge in [-0.05, 0) is 5.92 Å². The van der Waals surface area contributed by atoms with E-state index in [4.69, 9.17) is 5.11 Å². The van der Waals surface area contributed by atoms with Crippen molar-refractivity contribution in [1.82, 2.24) is 5.32 Å². The monoisotopic (exact) mass is 199 g/mol. The molecule has 0 aromatic carbocycles. The zero-order chi connectivity index (χ0) is 10.8. The van der Waals surface area contributed by atoms with Crippen LogP contribution in [0, 0.1) is 5.92 Å². The van der Waals surface area contributed by atoms with E-state index in [9.17, 15) is 9.59 Å². The van der Waals surface area contributed by atoms with Crippen molar-refractivity contribution in [2.45, 2.75) is 38.6 Å². The lowest BCUT2D eigenvalue weighted by atomic mass is 10.0. The molecule has 0 saturated heterocycles. The summed E-state index contributed by atoms with van der Waals surface area (Å²) < 4.78 is 0. The molecule has 1 fully saturated rings. The molecule has 0 aromatic rings. The van der Waals surface area contributed by atoms with Crippen molar-refractivity contribution in [3.05, 3.63) is 0 Å². The quantitative estimate of drug-likeness (QED) is 0.666. The minimum atomic E-state index is -0.926. The summed E-state index contributed by atoms with van der Waals surface area (Å²) in [5, 5.41) is 11.5. The second-order valence-corrected chi connectivity index (χ2v) is 4.11. The van der Waals surface area contributed by atoms with Crippen molar-refractivity contribution >= 4 is 11.7 Å². The van der Waals surface area contributed by atoms with Crippen LogP contribution in [0.15, 0.2) is 0 Å². The Bertz CT molecular complexity index is 252. The predicted octanol–water partition coefficient (Wildman–Crippen LogP) is 0.243. The summed E-state index contributed by atoms with van der Waals surface area (Å²) in [6.07, 6.45) is 1.63. The summed E-state index contributed by atoms with van der Waals surface area (Å²) in [6.45, 7) is 3.72. The maximum absolute atomic E-state index is 11.4. The number of nitrogens with one attached hydrogen (secondary N) is 1. The Hall–Kier alpha value is -0.900. The third-order valence-corrected chi connectivity index (χ3v) is 2.75. The Labute approximate surface area is 83.7 Å². The lowest BCUT2D eigenvalue weighted by Gasteiger charge is -2.14. The molecule has 1 unspecified atom stereocenters. The molecule has 1 rings (SSSR count). The summed E-state index contributed by atoms with van der Waals surface area (Å²) in [7, 11) is 0. The van der Waals surface area contributed by atoms with Gasteiger partial charge in [-0.15, -0.1) is 0 Å². The number of ketones is 1. The van der Waals surface area contributed by atoms with Gasteiger partial charge in [-0.2, -0.15) is 0 Å². The van der Waals surface area contributed by atoms with Crippen molar-refractivity contribution in [3.8, 4) is 0 Å². The Kier molecular flexibility index (Phi) is 3.26. The molecule has 1 amide bonds. The predicted molar refractivity (Wildman–Crippen MR) is 51.7 cm³/mol. The Morgan fingerprint density at radius 2 is 2.29 bits per heavy atom. The fraction of sp³-hybridized carbons (Fsp3) is 0.800. The summed E-state index contributed by atoms with van der Waals surface area (Å²) in [4.78, 5) is 22.4.